The molecule has 1 heterocycles. The van der Waals surface area contributed by atoms with Crippen LogP contribution in [0.3, 0.4) is 0 Å². The fraction of sp³-hybridized carbons (Fsp3) is 0.909. The number of halogens is 1. The lowest BCUT2D eigenvalue weighted by atomic mass is 9.47. The molecule has 2 unspecified atom stereocenters. The zero-order chi connectivity index (χ0) is 20.3. The monoisotopic (exact) mass is 392 g/mol. The third-order valence-corrected chi connectivity index (χ3v) is 8.99. The molecule has 0 aromatic rings. The molecule has 0 amide bonds. The third kappa shape index (κ3) is 3.09. The molecule has 27 heavy (non-hydrogen) atoms. The molecule has 1 aliphatic heterocycles. The van der Waals surface area contributed by atoms with Crippen LogP contribution in [0.15, 0.2) is 0 Å². The molecule has 3 aliphatic rings. The number of rotatable bonds is 1. The molecule has 0 bridgehead atoms. The summed E-state index contributed by atoms with van der Waals surface area (Å²) in [6, 6.07) is -0.549. The highest BCUT2D eigenvalue weighted by Crippen LogP contribution is 2.62. The van der Waals surface area contributed by atoms with E-state index >= 15 is 0 Å². The molecule has 150 valence electrons. The van der Waals surface area contributed by atoms with Gasteiger partial charge in [0.15, 0.2) is 0 Å². The fourth-order valence-electron chi connectivity index (χ4n) is 6.33. The van der Waals surface area contributed by atoms with Crippen molar-refractivity contribution in [3.8, 4) is 0 Å². The van der Waals surface area contributed by atoms with Gasteiger partial charge in [-0.2, -0.15) is 0 Å². The van der Waals surface area contributed by atoms with E-state index in [1.807, 2.05) is 0 Å². The largest absolute Gasteiger partial charge is 0.382 e. The molecular formula is C22H33ClN2O2. The van der Waals surface area contributed by atoms with E-state index in [1.165, 1.54) is 0 Å². The first-order chi connectivity index (χ1) is 12.4. The van der Waals surface area contributed by atoms with Gasteiger partial charge in [0, 0.05) is 17.8 Å². The van der Waals surface area contributed by atoms with Crippen molar-refractivity contribution in [3.63, 3.8) is 0 Å². The van der Waals surface area contributed by atoms with Gasteiger partial charge in [0.2, 0.25) is 6.04 Å². The Morgan fingerprint density at radius 2 is 1.63 bits per heavy atom. The first kappa shape index (κ1) is 20.9. The molecule has 0 aromatic heterocycles. The molecule has 2 saturated carbocycles. The molecule has 0 radical (unpaired) electrons. The molecule has 3 rings (SSSR count). The van der Waals surface area contributed by atoms with Gasteiger partial charge in [-0.05, 0) is 59.8 Å². The van der Waals surface area contributed by atoms with Gasteiger partial charge in [-0.3, -0.25) is 0 Å². The Bertz CT molecular complexity index is 679. The second-order valence-electron chi connectivity index (χ2n) is 10.3. The molecule has 1 N–H and O–H groups in total. The summed E-state index contributed by atoms with van der Waals surface area (Å²) in [5.74, 6) is 0.108. The Morgan fingerprint density at radius 1 is 0.963 bits per heavy atom. The highest BCUT2D eigenvalue weighted by atomic mass is 35.5. The summed E-state index contributed by atoms with van der Waals surface area (Å²) >= 11 is 6.55. The quantitative estimate of drug-likeness (QED) is 0.498. The van der Waals surface area contributed by atoms with E-state index in [0.717, 1.165) is 32.1 Å². The number of hydrogen-bond donors (Lipinski definition) is 1. The van der Waals surface area contributed by atoms with Crippen LogP contribution >= 0.6 is 11.6 Å². The van der Waals surface area contributed by atoms with Gasteiger partial charge < -0.3 is 19.5 Å². The molecule has 3 fully saturated rings. The number of nitrogens with zero attached hydrogens (tertiary/aromatic N) is 2. The van der Waals surface area contributed by atoms with Crippen molar-refractivity contribution >= 4 is 11.6 Å². The van der Waals surface area contributed by atoms with Crippen LogP contribution in [0.4, 0.5) is 0 Å². The van der Waals surface area contributed by atoms with Crippen LogP contribution in [0.1, 0.15) is 73.1 Å². The van der Waals surface area contributed by atoms with E-state index < -0.39 is 22.8 Å². The molecule has 5 heteroatoms. The number of hydrogen-bond acceptors (Lipinski definition) is 2. The summed E-state index contributed by atoms with van der Waals surface area (Å²) in [6.07, 6.45) is 4.82. The second kappa shape index (κ2) is 6.62. The number of fused-ring (bicyclic) bond motifs is 1. The SMILES string of the molecule is [C-]#[N+][C@H]1CC[C@](C)([C@@]2(C)CC[C@@H](Cl)C(C)(C)O2)C2C1CC[C@@](C)(O)[C@@H]2[N+]#[C-]. The highest BCUT2D eigenvalue weighted by Gasteiger charge is 2.68. The van der Waals surface area contributed by atoms with Crippen LogP contribution in [-0.4, -0.2) is 39.4 Å². The van der Waals surface area contributed by atoms with Gasteiger partial charge in [0.25, 0.3) is 6.04 Å². The van der Waals surface area contributed by atoms with E-state index in [1.54, 1.807) is 6.92 Å². The van der Waals surface area contributed by atoms with Gasteiger partial charge in [0.05, 0.1) is 22.5 Å². The minimum absolute atomic E-state index is 0.0318. The Hall–Kier alpha value is -0.810. The highest BCUT2D eigenvalue weighted by molar-refractivity contribution is 6.21. The van der Waals surface area contributed by atoms with Crippen molar-refractivity contribution in [3.05, 3.63) is 22.8 Å². The predicted octanol–water partition coefficient (Wildman–Crippen LogP) is 5.09. The van der Waals surface area contributed by atoms with Gasteiger partial charge in [0.1, 0.15) is 5.60 Å². The van der Waals surface area contributed by atoms with Gasteiger partial charge in [-0.15, -0.1) is 11.6 Å². The lowest BCUT2D eigenvalue weighted by Gasteiger charge is -2.61. The molecular weight excluding hydrogens is 360 g/mol. The standard InChI is InChI=1S/C22H33ClN2O2/c1-19(2)16(23)10-13-22(5,27-19)20(3)11-9-15(24-6)14-8-12-21(4,26)18(25-7)17(14)20/h14-18,26H,8-13H2,1-5H3/t14?,15-,16+,17?,18+,20-,21+,22+/m0/s1. The van der Waals surface area contributed by atoms with Crippen LogP contribution in [0, 0.1) is 30.4 Å². The minimum Gasteiger partial charge on any atom is -0.382 e. The van der Waals surface area contributed by atoms with Gasteiger partial charge in [-0.1, -0.05) is 6.92 Å². The Kier molecular flexibility index (Phi) is 5.13. The smallest absolute Gasteiger partial charge is 0.255 e. The fourth-order valence-corrected chi connectivity index (χ4v) is 6.49. The lowest BCUT2D eigenvalue weighted by Crippen LogP contribution is -2.67. The van der Waals surface area contributed by atoms with Crippen molar-refractivity contribution in [1.29, 1.82) is 0 Å². The Morgan fingerprint density at radius 3 is 2.19 bits per heavy atom. The predicted molar refractivity (Wildman–Crippen MR) is 107 cm³/mol. The third-order valence-electron chi connectivity index (χ3n) is 8.24. The summed E-state index contributed by atoms with van der Waals surface area (Å²) in [4.78, 5) is 7.87. The number of alkyl halides is 1. The summed E-state index contributed by atoms with van der Waals surface area (Å²) in [7, 11) is 0. The summed E-state index contributed by atoms with van der Waals surface area (Å²) in [6.45, 7) is 25.9. The van der Waals surface area contributed by atoms with Crippen molar-refractivity contribution < 1.29 is 9.84 Å². The number of aliphatic hydroxyl groups is 1. The van der Waals surface area contributed by atoms with Crippen molar-refractivity contribution in [2.75, 3.05) is 0 Å². The van der Waals surface area contributed by atoms with Gasteiger partial charge >= 0.3 is 0 Å². The second-order valence-corrected chi connectivity index (χ2v) is 10.8. The first-order valence-electron chi connectivity index (χ1n) is 10.2. The van der Waals surface area contributed by atoms with Crippen LogP contribution < -0.4 is 0 Å². The molecule has 4 nitrogen and oxygen atoms in total. The zero-order valence-electron chi connectivity index (χ0n) is 17.3. The summed E-state index contributed by atoms with van der Waals surface area (Å²) < 4.78 is 6.70. The van der Waals surface area contributed by atoms with Crippen LogP contribution in [-0.2, 0) is 4.74 Å². The van der Waals surface area contributed by atoms with Crippen LogP contribution in [0.25, 0.3) is 9.69 Å². The van der Waals surface area contributed by atoms with Crippen molar-refractivity contribution in [2.45, 2.75) is 107 Å². The zero-order valence-corrected chi connectivity index (χ0v) is 18.0. The molecule has 1 saturated heterocycles. The van der Waals surface area contributed by atoms with Gasteiger partial charge in [-0.25, -0.2) is 13.1 Å². The van der Waals surface area contributed by atoms with Crippen molar-refractivity contribution in [1.82, 2.24) is 0 Å². The molecule has 8 atom stereocenters. The maximum atomic E-state index is 11.0. The van der Waals surface area contributed by atoms with E-state index in [-0.39, 0.29) is 28.7 Å². The maximum absolute atomic E-state index is 11.0. The van der Waals surface area contributed by atoms with Crippen LogP contribution in [0.5, 0.6) is 0 Å². The van der Waals surface area contributed by atoms with Crippen LogP contribution in [0.2, 0.25) is 0 Å². The average Bonchev–Trinajstić information content (AvgIpc) is 2.58. The Labute approximate surface area is 169 Å². The van der Waals surface area contributed by atoms with E-state index in [0.29, 0.717) is 6.42 Å². The lowest BCUT2D eigenvalue weighted by molar-refractivity contribution is -0.250. The molecule has 0 aromatic carbocycles. The summed E-state index contributed by atoms with van der Waals surface area (Å²) in [5.41, 5.74) is -2.14. The minimum atomic E-state index is -1.01. The van der Waals surface area contributed by atoms with Crippen molar-refractivity contribution in [2.24, 2.45) is 17.3 Å². The molecule has 2 aliphatic carbocycles. The topological polar surface area (TPSA) is 38.2 Å². The average molecular weight is 393 g/mol. The Balaban J connectivity index is 2.07. The molecule has 0 spiro atoms. The van der Waals surface area contributed by atoms with E-state index in [9.17, 15) is 5.11 Å². The van der Waals surface area contributed by atoms with E-state index in [4.69, 9.17) is 29.5 Å². The summed E-state index contributed by atoms with van der Waals surface area (Å²) in [5, 5.41) is 11.0. The van der Waals surface area contributed by atoms with E-state index in [2.05, 4.69) is 37.4 Å². The maximum Gasteiger partial charge on any atom is 0.255 e. The number of ether oxygens (including phenoxy) is 1. The first-order valence-corrected chi connectivity index (χ1v) is 10.7. The normalized spacial score (nSPS) is 52.3.